The van der Waals surface area contributed by atoms with Gasteiger partial charge in [0.15, 0.2) is 0 Å². The first-order chi connectivity index (χ1) is 14.0. The van der Waals surface area contributed by atoms with E-state index in [1.165, 1.54) is 12.1 Å². The molecule has 1 atom stereocenters. The Kier molecular flexibility index (Phi) is 5.09. The molecule has 0 bridgehead atoms. The van der Waals surface area contributed by atoms with Crippen LogP contribution in [-0.4, -0.2) is 44.5 Å². The SMILES string of the molecule is CC(C)n1c(C2CCCN(C(=O)c3cccc(C(=O)O)c3)C2)nc2ccccc21. The molecule has 1 fully saturated rings. The van der Waals surface area contributed by atoms with E-state index >= 15 is 0 Å². The van der Waals surface area contributed by atoms with Gasteiger partial charge in [0.25, 0.3) is 5.91 Å². The van der Waals surface area contributed by atoms with E-state index in [1.54, 1.807) is 12.1 Å². The number of carbonyl (C=O) groups is 2. The Morgan fingerprint density at radius 2 is 1.86 bits per heavy atom. The van der Waals surface area contributed by atoms with Gasteiger partial charge in [0.05, 0.1) is 16.6 Å². The summed E-state index contributed by atoms with van der Waals surface area (Å²) in [6.07, 6.45) is 1.88. The number of likely N-dealkylation sites (tertiary alicyclic amines) is 1. The highest BCUT2D eigenvalue weighted by Crippen LogP contribution is 2.32. The molecule has 150 valence electrons. The number of para-hydroxylation sites is 2. The Morgan fingerprint density at radius 1 is 1.10 bits per heavy atom. The van der Waals surface area contributed by atoms with Gasteiger partial charge in [-0.15, -0.1) is 0 Å². The molecule has 1 aromatic heterocycles. The summed E-state index contributed by atoms with van der Waals surface area (Å²) >= 11 is 0. The predicted molar refractivity (Wildman–Crippen MR) is 111 cm³/mol. The molecule has 0 aliphatic carbocycles. The molecule has 6 heteroatoms. The molecule has 4 rings (SSSR count). The Morgan fingerprint density at radius 3 is 2.62 bits per heavy atom. The van der Waals surface area contributed by atoms with Crippen LogP contribution in [0.25, 0.3) is 11.0 Å². The van der Waals surface area contributed by atoms with E-state index in [2.05, 4.69) is 24.5 Å². The Hall–Kier alpha value is -3.15. The first-order valence-corrected chi connectivity index (χ1v) is 10.0. The maximum Gasteiger partial charge on any atom is 0.335 e. The average Bonchev–Trinajstić information content (AvgIpc) is 3.13. The summed E-state index contributed by atoms with van der Waals surface area (Å²) < 4.78 is 2.28. The number of nitrogens with zero attached hydrogens (tertiary/aromatic N) is 3. The molecule has 1 N–H and O–H groups in total. The smallest absolute Gasteiger partial charge is 0.335 e. The number of fused-ring (bicyclic) bond motifs is 1. The van der Waals surface area contributed by atoms with E-state index in [1.807, 2.05) is 23.1 Å². The van der Waals surface area contributed by atoms with Gasteiger partial charge in [-0.05, 0) is 57.0 Å². The summed E-state index contributed by atoms with van der Waals surface area (Å²) in [7, 11) is 0. The van der Waals surface area contributed by atoms with Crippen LogP contribution in [0.2, 0.25) is 0 Å². The number of aromatic nitrogens is 2. The van der Waals surface area contributed by atoms with Crippen molar-refractivity contribution in [2.45, 2.75) is 38.6 Å². The highest BCUT2D eigenvalue weighted by molar-refractivity contribution is 5.97. The molecule has 1 aliphatic heterocycles. The minimum absolute atomic E-state index is 0.120. The third kappa shape index (κ3) is 3.62. The van der Waals surface area contributed by atoms with Gasteiger partial charge in [0.1, 0.15) is 5.82 Å². The minimum Gasteiger partial charge on any atom is -0.478 e. The number of piperidine rings is 1. The second-order valence-corrected chi connectivity index (χ2v) is 7.90. The molecule has 2 heterocycles. The lowest BCUT2D eigenvalue weighted by molar-refractivity contribution is 0.0697. The molecule has 3 aromatic rings. The first-order valence-electron chi connectivity index (χ1n) is 10.0. The van der Waals surface area contributed by atoms with Crippen molar-refractivity contribution in [3.63, 3.8) is 0 Å². The van der Waals surface area contributed by atoms with E-state index < -0.39 is 5.97 Å². The van der Waals surface area contributed by atoms with Crippen LogP contribution in [-0.2, 0) is 0 Å². The Labute approximate surface area is 169 Å². The first kappa shape index (κ1) is 19.2. The van der Waals surface area contributed by atoms with Gasteiger partial charge in [0, 0.05) is 30.6 Å². The summed E-state index contributed by atoms with van der Waals surface area (Å²) in [5.74, 6) is 0.0370. The van der Waals surface area contributed by atoms with Crippen molar-refractivity contribution < 1.29 is 14.7 Å². The van der Waals surface area contributed by atoms with Gasteiger partial charge >= 0.3 is 5.97 Å². The average molecular weight is 391 g/mol. The summed E-state index contributed by atoms with van der Waals surface area (Å²) in [4.78, 5) is 31.0. The monoisotopic (exact) mass is 391 g/mol. The lowest BCUT2D eigenvalue weighted by Crippen LogP contribution is -2.40. The molecule has 1 saturated heterocycles. The van der Waals surface area contributed by atoms with Crippen LogP contribution >= 0.6 is 0 Å². The number of imidazole rings is 1. The highest BCUT2D eigenvalue weighted by Gasteiger charge is 2.29. The topological polar surface area (TPSA) is 75.4 Å². The van der Waals surface area contributed by atoms with E-state index in [0.717, 1.165) is 29.7 Å². The molecule has 0 radical (unpaired) electrons. The normalized spacial score (nSPS) is 17.1. The number of carbonyl (C=O) groups excluding carboxylic acids is 1. The predicted octanol–water partition coefficient (Wildman–Crippen LogP) is 4.34. The van der Waals surface area contributed by atoms with Crippen LogP contribution < -0.4 is 0 Å². The Balaban J connectivity index is 1.63. The van der Waals surface area contributed by atoms with Crippen LogP contribution in [0.5, 0.6) is 0 Å². The van der Waals surface area contributed by atoms with E-state index in [-0.39, 0.29) is 23.4 Å². The summed E-state index contributed by atoms with van der Waals surface area (Å²) in [5, 5.41) is 9.21. The molecule has 6 nitrogen and oxygen atoms in total. The number of carboxylic acid groups (broad SMARTS) is 1. The number of hydrogen-bond acceptors (Lipinski definition) is 3. The van der Waals surface area contributed by atoms with Gasteiger partial charge in [-0.25, -0.2) is 9.78 Å². The van der Waals surface area contributed by atoms with Crippen LogP contribution in [0.3, 0.4) is 0 Å². The van der Waals surface area contributed by atoms with E-state index in [4.69, 9.17) is 4.98 Å². The number of rotatable bonds is 4. The van der Waals surface area contributed by atoms with Crippen molar-refractivity contribution in [2.24, 2.45) is 0 Å². The third-order valence-electron chi connectivity index (χ3n) is 5.57. The zero-order chi connectivity index (χ0) is 20.5. The second-order valence-electron chi connectivity index (χ2n) is 7.90. The number of hydrogen-bond donors (Lipinski definition) is 1. The van der Waals surface area contributed by atoms with Crippen LogP contribution in [0.4, 0.5) is 0 Å². The molecular formula is C23H25N3O3. The maximum atomic E-state index is 13.0. The molecular weight excluding hydrogens is 366 g/mol. The maximum absolute atomic E-state index is 13.0. The lowest BCUT2D eigenvalue weighted by atomic mass is 9.96. The van der Waals surface area contributed by atoms with Crippen molar-refractivity contribution in [3.05, 3.63) is 65.5 Å². The van der Waals surface area contributed by atoms with Crippen LogP contribution in [0.1, 0.15) is 65.2 Å². The van der Waals surface area contributed by atoms with Crippen molar-refractivity contribution >= 4 is 22.9 Å². The zero-order valence-electron chi connectivity index (χ0n) is 16.7. The van der Waals surface area contributed by atoms with Gasteiger partial charge in [-0.1, -0.05) is 18.2 Å². The fraction of sp³-hybridized carbons (Fsp3) is 0.348. The van der Waals surface area contributed by atoms with E-state index in [9.17, 15) is 14.7 Å². The van der Waals surface area contributed by atoms with Gasteiger partial charge in [0.2, 0.25) is 0 Å². The van der Waals surface area contributed by atoms with Gasteiger partial charge < -0.3 is 14.6 Å². The number of aromatic carboxylic acids is 1. The number of amides is 1. The molecule has 0 saturated carbocycles. The van der Waals surface area contributed by atoms with Crippen molar-refractivity contribution in [3.8, 4) is 0 Å². The summed E-state index contributed by atoms with van der Waals surface area (Å²) in [6.45, 7) is 5.57. The molecule has 0 spiro atoms. The Bertz CT molecular complexity index is 1070. The quantitative estimate of drug-likeness (QED) is 0.718. The number of carboxylic acids is 1. The van der Waals surface area contributed by atoms with Crippen LogP contribution in [0, 0.1) is 0 Å². The van der Waals surface area contributed by atoms with Gasteiger partial charge in [-0.3, -0.25) is 4.79 Å². The number of benzene rings is 2. The lowest BCUT2D eigenvalue weighted by Gasteiger charge is -2.33. The standard InChI is InChI=1S/C23H25N3O3/c1-15(2)26-20-11-4-3-10-19(20)24-21(26)18-9-6-12-25(14-18)22(27)16-7-5-8-17(13-16)23(28)29/h3-5,7-8,10-11,13,15,18H,6,9,12,14H2,1-2H3,(H,28,29). The van der Waals surface area contributed by atoms with Crippen LogP contribution in [0.15, 0.2) is 48.5 Å². The third-order valence-corrected chi connectivity index (χ3v) is 5.57. The van der Waals surface area contributed by atoms with Gasteiger partial charge in [-0.2, -0.15) is 0 Å². The molecule has 1 amide bonds. The minimum atomic E-state index is -1.03. The molecule has 29 heavy (non-hydrogen) atoms. The largest absolute Gasteiger partial charge is 0.478 e. The fourth-order valence-electron chi connectivity index (χ4n) is 4.23. The highest BCUT2D eigenvalue weighted by atomic mass is 16.4. The zero-order valence-corrected chi connectivity index (χ0v) is 16.7. The summed E-state index contributed by atoms with van der Waals surface area (Å²) in [6, 6.07) is 14.7. The second kappa shape index (κ2) is 7.70. The van der Waals surface area contributed by atoms with Crippen molar-refractivity contribution in [1.29, 1.82) is 0 Å². The van der Waals surface area contributed by atoms with E-state index in [0.29, 0.717) is 18.7 Å². The fourth-order valence-corrected chi connectivity index (χ4v) is 4.23. The molecule has 1 aliphatic rings. The summed E-state index contributed by atoms with van der Waals surface area (Å²) in [5.41, 5.74) is 2.65. The van der Waals surface area contributed by atoms with Crippen molar-refractivity contribution in [1.82, 2.24) is 14.5 Å². The molecule has 2 aromatic carbocycles. The molecule has 1 unspecified atom stereocenters. The van der Waals surface area contributed by atoms with Crippen molar-refractivity contribution in [2.75, 3.05) is 13.1 Å².